The van der Waals surface area contributed by atoms with Crippen molar-refractivity contribution in [2.45, 2.75) is 26.9 Å². The number of nitrogens with zero attached hydrogens (tertiary/aromatic N) is 2. The summed E-state index contributed by atoms with van der Waals surface area (Å²) in [5.74, 6) is -0.203. The first-order chi connectivity index (χ1) is 13.0. The number of hydrogen-bond acceptors (Lipinski definition) is 4. The summed E-state index contributed by atoms with van der Waals surface area (Å²) in [6, 6.07) is 14.2. The van der Waals surface area contributed by atoms with Crippen LogP contribution in [-0.2, 0) is 17.9 Å². The number of carbonyl (C=O) groups excluding carboxylic acids is 1. The first-order valence-electron chi connectivity index (χ1n) is 9.03. The van der Waals surface area contributed by atoms with Gasteiger partial charge in [0.25, 0.3) is 5.69 Å². The van der Waals surface area contributed by atoms with Gasteiger partial charge in [-0.3, -0.25) is 19.8 Å². The zero-order valence-corrected chi connectivity index (χ0v) is 15.7. The van der Waals surface area contributed by atoms with E-state index in [-0.39, 0.29) is 11.6 Å². The van der Waals surface area contributed by atoms with E-state index in [9.17, 15) is 14.9 Å². The van der Waals surface area contributed by atoms with Crippen LogP contribution in [0, 0.1) is 10.1 Å². The zero-order valence-electron chi connectivity index (χ0n) is 15.7. The van der Waals surface area contributed by atoms with Crippen LogP contribution in [0.1, 0.15) is 30.5 Å². The average molecular weight is 367 g/mol. The lowest BCUT2D eigenvalue weighted by molar-refractivity contribution is -0.384. The van der Waals surface area contributed by atoms with Crippen LogP contribution < -0.4 is 5.32 Å². The topological polar surface area (TPSA) is 75.5 Å². The first-order valence-corrected chi connectivity index (χ1v) is 9.03. The maximum Gasteiger partial charge on any atom is 0.269 e. The molecule has 27 heavy (non-hydrogen) atoms. The molecule has 1 amide bonds. The van der Waals surface area contributed by atoms with Gasteiger partial charge in [0.1, 0.15) is 0 Å². The lowest BCUT2D eigenvalue weighted by Crippen LogP contribution is -2.25. The summed E-state index contributed by atoms with van der Waals surface area (Å²) in [5, 5.41) is 13.5. The molecule has 1 N–H and O–H groups in total. The fourth-order valence-electron chi connectivity index (χ4n) is 2.69. The summed E-state index contributed by atoms with van der Waals surface area (Å²) < 4.78 is 0. The zero-order chi connectivity index (χ0) is 19.6. The molecule has 6 nitrogen and oxygen atoms in total. The molecule has 0 aliphatic carbocycles. The number of non-ortho nitro benzene ring substituents is 1. The van der Waals surface area contributed by atoms with Crippen LogP contribution in [0.5, 0.6) is 0 Å². The largest absolute Gasteiger partial charge is 0.348 e. The van der Waals surface area contributed by atoms with Crippen LogP contribution in [0.15, 0.2) is 54.6 Å². The molecule has 0 aromatic heterocycles. The second-order valence-electron chi connectivity index (χ2n) is 6.13. The number of benzene rings is 2. The van der Waals surface area contributed by atoms with Gasteiger partial charge in [-0.15, -0.1) is 0 Å². The van der Waals surface area contributed by atoms with Gasteiger partial charge in [-0.2, -0.15) is 0 Å². The highest BCUT2D eigenvalue weighted by Gasteiger charge is 2.07. The lowest BCUT2D eigenvalue weighted by Gasteiger charge is -2.20. The highest BCUT2D eigenvalue weighted by Crippen LogP contribution is 2.13. The summed E-state index contributed by atoms with van der Waals surface area (Å²) >= 11 is 0. The number of nitro benzene ring substituents is 1. The fraction of sp³-hybridized carbons (Fsp3) is 0.286. The van der Waals surface area contributed by atoms with Gasteiger partial charge in [-0.25, -0.2) is 0 Å². The molecular weight excluding hydrogens is 342 g/mol. The van der Waals surface area contributed by atoms with E-state index in [0.717, 1.165) is 30.8 Å². The normalized spacial score (nSPS) is 11.1. The van der Waals surface area contributed by atoms with E-state index in [1.165, 1.54) is 23.8 Å². The summed E-state index contributed by atoms with van der Waals surface area (Å²) in [5.41, 5.74) is 3.07. The Kier molecular flexibility index (Phi) is 7.70. The number of rotatable bonds is 9. The van der Waals surface area contributed by atoms with Crippen molar-refractivity contribution in [3.05, 3.63) is 81.4 Å². The van der Waals surface area contributed by atoms with Gasteiger partial charge >= 0.3 is 0 Å². The molecule has 0 heterocycles. The molecule has 0 fully saturated rings. The Morgan fingerprint density at radius 3 is 2.30 bits per heavy atom. The van der Waals surface area contributed by atoms with E-state index in [2.05, 4.69) is 30.1 Å². The van der Waals surface area contributed by atoms with Crippen molar-refractivity contribution in [1.82, 2.24) is 10.2 Å². The predicted molar refractivity (Wildman–Crippen MR) is 107 cm³/mol. The van der Waals surface area contributed by atoms with Crippen LogP contribution in [0.4, 0.5) is 5.69 Å². The van der Waals surface area contributed by atoms with Crippen molar-refractivity contribution in [3.63, 3.8) is 0 Å². The number of amides is 1. The van der Waals surface area contributed by atoms with E-state index < -0.39 is 4.92 Å². The number of hydrogen-bond donors (Lipinski definition) is 1. The van der Waals surface area contributed by atoms with Gasteiger partial charge in [0.15, 0.2) is 0 Å². The Labute approximate surface area is 159 Å². The van der Waals surface area contributed by atoms with Crippen molar-refractivity contribution >= 4 is 17.7 Å². The molecule has 6 heteroatoms. The Hall–Kier alpha value is -2.99. The molecule has 2 aromatic rings. The third-order valence-corrected chi connectivity index (χ3v) is 4.39. The van der Waals surface area contributed by atoms with Crippen LogP contribution in [-0.4, -0.2) is 28.8 Å². The second kappa shape index (κ2) is 10.2. The number of nitro groups is 1. The van der Waals surface area contributed by atoms with Gasteiger partial charge in [0, 0.05) is 31.3 Å². The van der Waals surface area contributed by atoms with Crippen molar-refractivity contribution in [2.75, 3.05) is 13.1 Å². The molecule has 0 aliphatic heterocycles. The second-order valence-corrected chi connectivity index (χ2v) is 6.13. The smallest absolute Gasteiger partial charge is 0.269 e. The van der Waals surface area contributed by atoms with E-state index in [1.54, 1.807) is 18.2 Å². The number of carbonyl (C=O) groups is 1. The minimum absolute atomic E-state index is 0.0291. The Bertz CT molecular complexity index is 797. The fourth-order valence-corrected chi connectivity index (χ4v) is 2.69. The van der Waals surface area contributed by atoms with Crippen molar-refractivity contribution in [2.24, 2.45) is 0 Å². The molecule has 0 spiro atoms. The predicted octanol–water partition coefficient (Wildman–Crippen LogP) is 3.77. The highest BCUT2D eigenvalue weighted by molar-refractivity contribution is 5.91. The van der Waals surface area contributed by atoms with Crippen molar-refractivity contribution in [3.8, 4) is 0 Å². The molecule has 0 atom stereocenters. The van der Waals surface area contributed by atoms with E-state index in [0.29, 0.717) is 6.54 Å². The molecule has 142 valence electrons. The Morgan fingerprint density at radius 1 is 1.07 bits per heavy atom. The molecule has 2 rings (SSSR count). The molecule has 0 bridgehead atoms. The molecule has 0 aliphatic rings. The van der Waals surface area contributed by atoms with Gasteiger partial charge < -0.3 is 5.32 Å². The quantitative estimate of drug-likeness (QED) is 0.416. The van der Waals surface area contributed by atoms with Crippen LogP contribution in [0.2, 0.25) is 0 Å². The Balaban J connectivity index is 1.94. The van der Waals surface area contributed by atoms with E-state index in [1.807, 2.05) is 18.2 Å². The van der Waals surface area contributed by atoms with E-state index >= 15 is 0 Å². The molecule has 0 saturated carbocycles. The number of nitrogens with one attached hydrogen (secondary N) is 1. The van der Waals surface area contributed by atoms with Crippen molar-refractivity contribution in [1.29, 1.82) is 0 Å². The standard InChI is InChI=1S/C21H25N3O3/c1-3-23(4-2)16-19-8-6-5-7-18(19)15-22-21(25)14-11-17-9-12-20(13-10-17)24(26)27/h5-14H,3-4,15-16H2,1-2H3,(H,22,25)/b14-11+. The third kappa shape index (κ3) is 6.34. The highest BCUT2D eigenvalue weighted by atomic mass is 16.6. The van der Waals surface area contributed by atoms with Gasteiger partial charge in [0.05, 0.1) is 4.92 Å². The maximum atomic E-state index is 12.1. The maximum absolute atomic E-state index is 12.1. The summed E-state index contributed by atoms with van der Waals surface area (Å²) in [6.07, 6.45) is 3.08. The van der Waals surface area contributed by atoms with Gasteiger partial charge in [-0.05, 0) is 48.0 Å². The third-order valence-electron chi connectivity index (χ3n) is 4.39. The summed E-state index contributed by atoms with van der Waals surface area (Å²) in [7, 11) is 0. The summed E-state index contributed by atoms with van der Waals surface area (Å²) in [6.45, 7) is 7.55. The molecule has 0 radical (unpaired) electrons. The van der Waals surface area contributed by atoms with E-state index in [4.69, 9.17) is 0 Å². The molecular formula is C21H25N3O3. The minimum Gasteiger partial charge on any atom is -0.348 e. The molecule has 2 aromatic carbocycles. The lowest BCUT2D eigenvalue weighted by atomic mass is 10.1. The van der Waals surface area contributed by atoms with Crippen LogP contribution in [0.3, 0.4) is 0 Å². The van der Waals surface area contributed by atoms with Crippen LogP contribution in [0.25, 0.3) is 6.08 Å². The van der Waals surface area contributed by atoms with Crippen molar-refractivity contribution < 1.29 is 9.72 Å². The minimum atomic E-state index is -0.449. The monoisotopic (exact) mass is 367 g/mol. The van der Waals surface area contributed by atoms with Gasteiger partial charge in [0.2, 0.25) is 5.91 Å². The Morgan fingerprint density at radius 2 is 1.70 bits per heavy atom. The average Bonchev–Trinajstić information content (AvgIpc) is 2.69. The molecule has 0 unspecified atom stereocenters. The van der Waals surface area contributed by atoms with Gasteiger partial charge in [-0.1, -0.05) is 38.1 Å². The van der Waals surface area contributed by atoms with Crippen LogP contribution >= 0.6 is 0 Å². The SMILES string of the molecule is CCN(CC)Cc1ccccc1CNC(=O)/C=C/c1ccc([N+](=O)[O-])cc1. The first kappa shape index (κ1) is 20.3. The molecule has 0 saturated heterocycles. The summed E-state index contributed by atoms with van der Waals surface area (Å²) in [4.78, 5) is 24.6.